The molecule has 0 aliphatic heterocycles. The molecular weight excluding hydrogens is 425 g/mol. The molecule has 8 nitrogen and oxygen atoms in total. The molecule has 9 heteroatoms. The molecule has 1 aliphatic carbocycles. The Kier molecular flexibility index (Phi) is 5.95. The van der Waals surface area contributed by atoms with Gasteiger partial charge in [0.15, 0.2) is 0 Å². The highest BCUT2D eigenvalue weighted by molar-refractivity contribution is 6.04. The van der Waals surface area contributed by atoms with Gasteiger partial charge in [0.2, 0.25) is 0 Å². The predicted octanol–water partition coefficient (Wildman–Crippen LogP) is 3.27. The fraction of sp³-hybridized carbons (Fsp3) is 0.125. The van der Waals surface area contributed by atoms with Crippen LogP contribution in [0.2, 0.25) is 0 Å². The molecule has 0 spiro atoms. The number of nitrogens with zero attached hydrogens (tertiary/aromatic N) is 2. The molecule has 1 aliphatic rings. The third-order valence-corrected chi connectivity index (χ3v) is 5.28. The molecule has 0 bridgehead atoms. The molecular formula is C24H22FN5O3. The van der Waals surface area contributed by atoms with Crippen LogP contribution in [-0.4, -0.2) is 28.7 Å². The van der Waals surface area contributed by atoms with E-state index in [9.17, 15) is 14.0 Å². The molecule has 0 fully saturated rings. The van der Waals surface area contributed by atoms with Crippen LogP contribution in [-0.2, 0) is 6.54 Å². The molecule has 0 unspecified atom stereocenters. The molecule has 0 saturated heterocycles. The minimum atomic E-state index is -0.759. The van der Waals surface area contributed by atoms with Gasteiger partial charge in [0.05, 0.1) is 18.4 Å². The van der Waals surface area contributed by atoms with Crippen LogP contribution in [0.15, 0.2) is 66.5 Å². The number of para-hydroxylation sites is 1. The number of aromatic nitrogens is 2. The summed E-state index contributed by atoms with van der Waals surface area (Å²) in [5, 5.41) is 7.20. The van der Waals surface area contributed by atoms with Gasteiger partial charge < -0.3 is 21.5 Å². The van der Waals surface area contributed by atoms with Crippen molar-refractivity contribution in [2.24, 2.45) is 5.73 Å². The summed E-state index contributed by atoms with van der Waals surface area (Å²) in [6.45, 7) is 0.277. The molecule has 33 heavy (non-hydrogen) atoms. The molecule has 0 radical (unpaired) electrons. The number of nitrogens with two attached hydrogens (primary N) is 2. The second-order valence-corrected chi connectivity index (χ2v) is 7.36. The first-order chi connectivity index (χ1) is 15.9. The fourth-order valence-corrected chi connectivity index (χ4v) is 3.60. The van der Waals surface area contributed by atoms with E-state index in [0.717, 1.165) is 5.56 Å². The number of halogens is 1. The van der Waals surface area contributed by atoms with Gasteiger partial charge in [-0.25, -0.2) is 9.07 Å². The van der Waals surface area contributed by atoms with Crippen LogP contribution < -0.4 is 21.5 Å². The number of carbonyl (C=O) groups is 2. The Morgan fingerprint density at radius 2 is 1.91 bits per heavy atom. The van der Waals surface area contributed by atoms with Crippen LogP contribution in [0.1, 0.15) is 32.7 Å². The van der Waals surface area contributed by atoms with Crippen LogP contribution in [0, 0.1) is 0 Å². The quantitative estimate of drug-likeness (QED) is 0.513. The smallest absolute Gasteiger partial charge is 0.255 e. The molecule has 1 aromatic heterocycles. The average molecular weight is 447 g/mol. The zero-order chi connectivity index (χ0) is 23.5. The lowest BCUT2D eigenvalue weighted by Gasteiger charge is -2.09. The number of nitrogen functional groups attached to an aromatic ring is 1. The molecule has 3 aromatic rings. The summed E-state index contributed by atoms with van der Waals surface area (Å²) >= 11 is 0. The molecule has 168 valence electrons. The van der Waals surface area contributed by atoms with Gasteiger partial charge >= 0.3 is 0 Å². The zero-order valence-electron chi connectivity index (χ0n) is 17.8. The summed E-state index contributed by atoms with van der Waals surface area (Å²) in [6, 6.07) is 14.0. The van der Waals surface area contributed by atoms with Gasteiger partial charge in [-0.1, -0.05) is 42.5 Å². The number of hydrogen-bond acceptors (Lipinski definition) is 5. The van der Waals surface area contributed by atoms with Gasteiger partial charge in [-0.15, -0.1) is 0 Å². The number of benzene rings is 2. The summed E-state index contributed by atoms with van der Waals surface area (Å²) in [4.78, 5) is 24.5. The number of amides is 2. The summed E-state index contributed by atoms with van der Waals surface area (Å²) in [5.41, 5.74) is 13.9. The highest BCUT2D eigenvalue weighted by atomic mass is 19.1. The first kappa shape index (κ1) is 21.8. The Labute approximate surface area is 189 Å². The maximum absolute atomic E-state index is 14.1. The third kappa shape index (κ3) is 4.20. The zero-order valence-corrected chi connectivity index (χ0v) is 17.8. The van der Waals surface area contributed by atoms with Crippen molar-refractivity contribution in [1.29, 1.82) is 0 Å². The van der Waals surface area contributed by atoms with Crippen molar-refractivity contribution >= 4 is 23.3 Å². The summed E-state index contributed by atoms with van der Waals surface area (Å²) in [7, 11) is 1.51. The van der Waals surface area contributed by atoms with E-state index in [4.69, 9.17) is 16.2 Å². The number of hydrogen-bond donors (Lipinski definition) is 3. The number of ether oxygens (including phenoxy) is 1. The van der Waals surface area contributed by atoms with E-state index in [1.165, 1.54) is 11.8 Å². The molecule has 0 saturated carbocycles. The van der Waals surface area contributed by atoms with E-state index in [2.05, 4.69) is 10.4 Å². The first-order valence-electron chi connectivity index (χ1n) is 10.1. The minimum absolute atomic E-state index is 0.0211. The van der Waals surface area contributed by atoms with E-state index in [-0.39, 0.29) is 41.6 Å². The van der Waals surface area contributed by atoms with E-state index in [1.54, 1.807) is 60.7 Å². The van der Waals surface area contributed by atoms with Gasteiger partial charge in [0, 0.05) is 18.5 Å². The Morgan fingerprint density at radius 1 is 1.18 bits per heavy atom. The molecule has 1 heterocycles. The second kappa shape index (κ2) is 8.99. The van der Waals surface area contributed by atoms with Gasteiger partial charge in [-0.05, 0) is 23.8 Å². The number of primary amides is 1. The average Bonchev–Trinajstić information content (AvgIpc) is 3.40. The summed E-state index contributed by atoms with van der Waals surface area (Å²) < 4.78 is 20.5. The Hall–Kier alpha value is -4.40. The minimum Gasteiger partial charge on any atom is -0.496 e. The topological polar surface area (TPSA) is 125 Å². The largest absolute Gasteiger partial charge is 0.496 e. The maximum Gasteiger partial charge on any atom is 0.255 e. The number of allylic oxidation sites excluding steroid dienone is 4. The highest BCUT2D eigenvalue weighted by Crippen LogP contribution is 2.32. The predicted molar refractivity (Wildman–Crippen MR) is 123 cm³/mol. The standard InChI is InChI=1S/C24H22FN5O3/c1-33-19-8-3-2-5-16(19)24(32)28-13-14-9-11-15(12-10-14)21-20(23(27)31)22(26)30(29-21)18-7-4-6-17(18)25/h2-5,7-12H,6,13,26H2,1H3,(H2,27,31)(H,28,32). The Morgan fingerprint density at radius 3 is 2.55 bits per heavy atom. The SMILES string of the molecule is COc1ccccc1C(=O)NCc1ccc(-c2nn(C3=C(F)CC=C3)c(N)c2C(N)=O)cc1. The molecule has 5 N–H and O–H groups in total. The number of nitrogens with one attached hydrogen (secondary N) is 1. The van der Waals surface area contributed by atoms with Crippen molar-refractivity contribution in [3.8, 4) is 17.0 Å². The number of carbonyl (C=O) groups excluding carboxylic acids is 2. The van der Waals surface area contributed by atoms with E-state index in [1.807, 2.05) is 0 Å². The lowest BCUT2D eigenvalue weighted by Crippen LogP contribution is -2.23. The lowest BCUT2D eigenvalue weighted by atomic mass is 10.0. The van der Waals surface area contributed by atoms with Gasteiger partial charge in [0.1, 0.15) is 28.7 Å². The number of methoxy groups -OCH3 is 1. The first-order valence-corrected chi connectivity index (χ1v) is 10.1. The number of rotatable bonds is 7. The third-order valence-electron chi connectivity index (χ3n) is 5.28. The molecule has 2 amide bonds. The maximum atomic E-state index is 14.1. The van der Waals surface area contributed by atoms with Crippen LogP contribution >= 0.6 is 0 Å². The van der Waals surface area contributed by atoms with E-state index >= 15 is 0 Å². The molecule has 0 atom stereocenters. The van der Waals surface area contributed by atoms with Crippen LogP contribution in [0.5, 0.6) is 5.75 Å². The van der Waals surface area contributed by atoms with Gasteiger partial charge in [0.25, 0.3) is 11.8 Å². The lowest BCUT2D eigenvalue weighted by molar-refractivity contribution is 0.0946. The van der Waals surface area contributed by atoms with E-state index in [0.29, 0.717) is 16.9 Å². The van der Waals surface area contributed by atoms with Crippen molar-refractivity contribution in [2.45, 2.75) is 13.0 Å². The highest BCUT2D eigenvalue weighted by Gasteiger charge is 2.24. The van der Waals surface area contributed by atoms with Crippen molar-refractivity contribution in [3.63, 3.8) is 0 Å². The van der Waals surface area contributed by atoms with Crippen molar-refractivity contribution in [2.75, 3.05) is 12.8 Å². The summed E-state index contributed by atoms with van der Waals surface area (Å²) in [5.74, 6) is -0.958. The van der Waals surface area contributed by atoms with Gasteiger partial charge in [-0.3, -0.25) is 9.59 Å². The van der Waals surface area contributed by atoms with E-state index < -0.39 is 11.7 Å². The molecule has 2 aromatic carbocycles. The van der Waals surface area contributed by atoms with Crippen molar-refractivity contribution in [3.05, 3.63) is 83.2 Å². The Balaban J connectivity index is 1.56. The second-order valence-electron chi connectivity index (χ2n) is 7.36. The van der Waals surface area contributed by atoms with Crippen molar-refractivity contribution in [1.82, 2.24) is 15.1 Å². The fourth-order valence-electron chi connectivity index (χ4n) is 3.60. The van der Waals surface area contributed by atoms with Gasteiger partial charge in [-0.2, -0.15) is 5.10 Å². The van der Waals surface area contributed by atoms with Crippen LogP contribution in [0.4, 0.5) is 10.2 Å². The van der Waals surface area contributed by atoms with Crippen molar-refractivity contribution < 1.29 is 18.7 Å². The van der Waals surface area contributed by atoms with Crippen LogP contribution in [0.3, 0.4) is 0 Å². The summed E-state index contributed by atoms with van der Waals surface area (Å²) in [6.07, 6.45) is 3.34. The monoisotopic (exact) mass is 447 g/mol. The Bertz CT molecular complexity index is 1290. The van der Waals surface area contributed by atoms with Crippen LogP contribution in [0.25, 0.3) is 17.0 Å². The normalized spacial score (nSPS) is 12.8. The number of anilines is 1. The molecule has 4 rings (SSSR count).